The van der Waals surface area contributed by atoms with Gasteiger partial charge in [0.1, 0.15) is 18.1 Å². The highest BCUT2D eigenvalue weighted by Gasteiger charge is 2.40. The Labute approximate surface area is 177 Å². The summed E-state index contributed by atoms with van der Waals surface area (Å²) in [6.07, 6.45) is 1.55. The predicted octanol–water partition coefficient (Wildman–Crippen LogP) is 2.44. The number of morpholine rings is 1. The molecule has 160 valence electrons. The number of likely N-dealkylation sites (tertiary alicyclic amines) is 1. The Bertz CT molecular complexity index is 876. The molecule has 3 heterocycles. The molecule has 2 aromatic rings. The second-order valence-corrected chi connectivity index (χ2v) is 8.04. The second-order valence-electron chi connectivity index (χ2n) is 8.04. The molecule has 3 atom stereocenters. The molecule has 7 heteroatoms. The van der Waals surface area contributed by atoms with Gasteiger partial charge in [-0.3, -0.25) is 14.5 Å². The molecule has 0 saturated carbocycles. The molecule has 4 rings (SSSR count). The molecule has 30 heavy (non-hydrogen) atoms. The van der Waals surface area contributed by atoms with Gasteiger partial charge in [-0.1, -0.05) is 30.3 Å². The smallest absolute Gasteiger partial charge is 0.251 e. The lowest BCUT2D eigenvalue weighted by atomic mass is 9.97. The first-order valence-electron chi connectivity index (χ1n) is 10.5. The standard InChI is InChI=1S/C23H29N3O4/c1-16-10-11-19(30-16)18(26-12-6-7-13-26)14-24-23(28)22-21(17-8-4-3-5-9-17)25(2)20(27)15-29-22/h3-5,8-11,18,21-22H,6-7,12-15H2,1-2H3,(H,24,28)/t18-,21+,22+/m0/s1. The van der Waals surface area contributed by atoms with E-state index in [0.29, 0.717) is 6.54 Å². The Morgan fingerprint density at radius 1 is 1.17 bits per heavy atom. The molecule has 0 radical (unpaired) electrons. The van der Waals surface area contributed by atoms with Crippen molar-refractivity contribution in [1.29, 1.82) is 0 Å². The monoisotopic (exact) mass is 411 g/mol. The van der Waals surface area contributed by atoms with E-state index >= 15 is 0 Å². The molecule has 0 bridgehead atoms. The van der Waals surface area contributed by atoms with Crippen molar-refractivity contribution in [3.8, 4) is 0 Å². The minimum atomic E-state index is -0.757. The van der Waals surface area contributed by atoms with Crippen LogP contribution in [0.3, 0.4) is 0 Å². The zero-order valence-electron chi connectivity index (χ0n) is 17.5. The van der Waals surface area contributed by atoms with Gasteiger partial charge in [0.15, 0.2) is 6.10 Å². The van der Waals surface area contributed by atoms with Crippen LogP contribution in [0.4, 0.5) is 0 Å². The number of ether oxygens (including phenoxy) is 1. The van der Waals surface area contributed by atoms with E-state index in [9.17, 15) is 9.59 Å². The number of nitrogens with zero attached hydrogens (tertiary/aromatic N) is 2. The van der Waals surface area contributed by atoms with Gasteiger partial charge >= 0.3 is 0 Å². The van der Waals surface area contributed by atoms with E-state index in [1.807, 2.05) is 49.4 Å². The molecule has 2 aliphatic heterocycles. The first-order valence-corrected chi connectivity index (χ1v) is 10.5. The van der Waals surface area contributed by atoms with E-state index in [1.165, 1.54) is 0 Å². The number of hydrogen-bond donors (Lipinski definition) is 1. The van der Waals surface area contributed by atoms with Gasteiger partial charge in [-0.25, -0.2) is 0 Å². The summed E-state index contributed by atoms with van der Waals surface area (Å²) < 4.78 is 11.6. The normalized spacial score (nSPS) is 23.5. The molecule has 0 spiro atoms. The van der Waals surface area contributed by atoms with Crippen LogP contribution in [-0.4, -0.2) is 61.0 Å². The quantitative estimate of drug-likeness (QED) is 0.790. The van der Waals surface area contributed by atoms with Crippen LogP contribution >= 0.6 is 0 Å². The van der Waals surface area contributed by atoms with E-state index < -0.39 is 12.1 Å². The van der Waals surface area contributed by atoms with Crippen LogP contribution < -0.4 is 5.32 Å². The predicted molar refractivity (Wildman–Crippen MR) is 112 cm³/mol. The van der Waals surface area contributed by atoms with Crippen LogP contribution in [0.15, 0.2) is 46.9 Å². The number of hydrogen-bond acceptors (Lipinski definition) is 5. The summed E-state index contributed by atoms with van der Waals surface area (Å²) in [5.41, 5.74) is 0.881. The van der Waals surface area contributed by atoms with E-state index in [4.69, 9.17) is 9.15 Å². The highest BCUT2D eigenvalue weighted by atomic mass is 16.5. The summed E-state index contributed by atoms with van der Waals surface area (Å²) in [6, 6.07) is 13.0. The third-order valence-corrected chi connectivity index (χ3v) is 6.02. The second kappa shape index (κ2) is 9.02. The maximum Gasteiger partial charge on any atom is 0.251 e. The molecule has 2 saturated heterocycles. The number of likely N-dealkylation sites (N-methyl/N-ethyl adjacent to an activating group) is 1. The molecule has 7 nitrogen and oxygen atoms in total. The first-order chi connectivity index (χ1) is 14.5. The molecule has 1 aromatic carbocycles. The Morgan fingerprint density at radius 2 is 1.90 bits per heavy atom. The summed E-state index contributed by atoms with van der Waals surface area (Å²) in [4.78, 5) is 29.4. The van der Waals surface area contributed by atoms with Crippen molar-refractivity contribution >= 4 is 11.8 Å². The van der Waals surface area contributed by atoms with Crippen molar-refractivity contribution in [3.63, 3.8) is 0 Å². The Hall–Kier alpha value is -2.64. The molecular weight excluding hydrogens is 382 g/mol. The maximum atomic E-state index is 13.2. The Kier molecular flexibility index (Phi) is 6.20. The number of furan rings is 1. The average Bonchev–Trinajstić information content (AvgIpc) is 3.43. The number of benzene rings is 1. The van der Waals surface area contributed by atoms with Crippen molar-refractivity contribution in [2.24, 2.45) is 0 Å². The molecule has 2 fully saturated rings. The minimum Gasteiger partial charge on any atom is -0.465 e. The maximum absolute atomic E-state index is 13.2. The van der Waals surface area contributed by atoms with Crippen molar-refractivity contribution in [3.05, 3.63) is 59.5 Å². The molecule has 1 aromatic heterocycles. The molecule has 0 unspecified atom stereocenters. The fourth-order valence-corrected chi connectivity index (χ4v) is 4.37. The lowest BCUT2D eigenvalue weighted by Gasteiger charge is -2.38. The Morgan fingerprint density at radius 3 is 2.57 bits per heavy atom. The van der Waals surface area contributed by atoms with Crippen LogP contribution in [0, 0.1) is 6.92 Å². The van der Waals surface area contributed by atoms with Crippen LogP contribution in [0.1, 0.15) is 42.0 Å². The fourth-order valence-electron chi connectivity index (χ4n) is 4.37. The van der Waals surface area contributed by atoms with Crippen molar-refractivity contribution < 1.29 is 18.7 Å². The molecule has 2 aliphatic rings. The van der Waals surface area contributed by atoms with Gasteiger partial charge in [0.2, 0.25) is 5.91 Å². The van der Waals surface area contributed by atoms with Gasteiger partial charge in [-0.2, -0.15) is 0 Å². The van der Waals surface area contributed by atoms with Crippen molar-refractivity contribution in [2.45, 2.75) is 38.0 Å². The minimum absolute atomic E-state index is 0.0109. The van der Waals surface area contributed by atoms with Gasteiger partial charge in [0, 0.05) is 13.6 Å². The molecular formula is C23H29N3O4. The number of amides is 2. The third-order valence-electron chi connectivity index (χ3n) is 6.02. The van der Waals surface area contributed by atoms with E-state index in [0.717, 1.165) is 43.0 Å². The number of nitrogens with one attached hydrogen (secondary N) is 1. The van der Waals surface area contributed by atoms with Gasteiger partial charge in [0.25, 0.3) is 5.91 Å². The van der Waals surface area contributed by atoms with Crippen LogP contribution in [-0.2, 0) is 14.3 Å². The van der Waals surface area contributed by atoms with Gasteiger partial charge < -0.3 is 19.4 Å². The molecule has 1 N–H and O–H groups in total. The number of carbonyl (C=O) groups excluding carboxylic acids is 2. The lowest BCUT2D eigenvalue weighted by Crippen LogP contribution is -2.53. The number of aryl methyl sites for hydroxylation is 1. The average molecular weight is 412 g/mol. The number of carbonyl (C=O) groups is 2. The van der Waals surface area contributed by atoms with Crippen LogP contribution in [0.5, 0.6) is 0 Å². The first kappa shape index (κ1) is 20.6. The van der Waals surface area contributed by atoms with Crippen LogP contribution in [0.2, 0.25) is 0 Å². The number of rotatable bonds is 6. The van der Waals surface area contributed by atoms with Crippen LogP contribution in [0.25, 0.3) is 0 Å². The fraction of sp³-hybridized carbons (Fsp3) is 0.478. The SMILES string of the molecule is Cc1ccc([C@H](CNC(=O)[C@@H]2OCC(=O)N(C)[C@@H]2c2ccccc2)N2CCCC2)o1. The zero-order chi connectivity index (χ0) is 21.1. The summed E-state index contributed by atoms with van der Waals surface area (Å²) in [5, 5.41) is 3.07. The highest BCUT2D eigenvalue weighted by Crippen LogP contribution is 2.30. The summed E-state index contributed by atoms with van der Waals surface area (Å²) >= 11 is 0. The summed E-state index contributed by atoms with van der Waals surface area (Å²) in [6.45, 7) is 4.25. The Balaban J connectivity index is 1.50. The third kappa shape index (κ3) is 4.27. The van der Waals surface area contributed by atoms with Gasteiger partial charge in [0.05, 0.1) is 12.1 Å². The molecule has 0 aliphatic carbocycles. The topological polar surface area (TPSA) is 75.0 Å². The summed E-state index contributed by atoms with van der Waals surface area (Å²) in [7, 11) is 1.72. The van der Waals surface area contributed by atoms with E-state index in [1.54, 1.807) is 11.9 Å². The molecule has 2 amide bonds. The van der Waals surface area contributed by atoms with E-state index in [2.05, 4.69) is 10.2 Å². The zero-order valence-corrected chi connectivity index (χ0v) is 17.5. The van der Waals surface area contributed by atoms with E-state index in [-0.39, 0.29) is 24.5 Å². The van der Waals surface area contributed by atoms with Crippen molar-refractivity contribution in [2.75, 3.05) is 33.3 Å². The highest BCUT2D eigenvalue weighted by molar-refractivity contribution is 5.86. The van der Waals surface area contributed by atoms with Gasteiger partial charge in [-0.05, 0) is 50.6 Å². The summed E-state index contributed by atoms with van der Waals surface area (Å²) in [5.74, 6) is 1.39. The largest absolute Gasteiger partial charge is 0.465 e. The van der Waals surface area contributed by atoms with Crippen molar-refractivity contribution in [1.82, 2.24) is 15.1 Å². The lowest BCUT2D eigenvalue weighted by molar-refractivity contribution is -0.162. The van der Waals surface area contributed by atoms with Gasteiger partial charge in [-0.15, -0.1) is 0 Å².